The first-order chi connectivity index (χ1) is 9.45. The lowest BCUT2D eigenvalue weighted by molar-refractivity contribution is 0.0684. The lowest BCUT2D eigenvalue weighted by atomic mass is 10.1. The molecule has 1 aromatic carbocycles. The number of nitriles is 1. The number of rotatable bonds is 3. The molecule has 102 valence electrons. The third-order valence-corrected chi connectivity index (χ3v) is 4.47. The largest absolute Gasteiger partial charge is 0.477 e. The molecule has 0 spiro atoms. The molecule has 0 bridgehead atoms. The van der Waals surface area contributed by atoms with Gasteiger partial charge in [-0.05, 0) is 53.0 Å². The normalized spacial score (nSPS) is 10.3. The standard InChI is InChI=1S/C15H13BrN2O2/c1-9-13(16)10(2)18(14(9)15(19)20)8-12-5-3-11(7-17)4-6-12/h3-6H,8H2,1-2H3,(H,19,20). The van der Waals surface area contributed by atoms with Crippen molar-refractivity contribution < 1.29 is 9.90 Å². The van der Waals surface area contributed by atoms with E-state index in [1.165, 1.54) is 0 Å². The summed E-state index contributed by atoms with van der Waals surface area (Å²) in [5.74, 6) is -0.940. The summed E-state index contributed by atoms with van der Waals surface area (Å²) in [7, 11) is 0. The molecule has 0 unspecified atom stereocenters. The molecule has 0 radical (unpaired) electrons. The topological polar surface area (TPSA) is 66.0 Å². The molecule has 5 heteroatoms. The van der Waals surface area contributed by atoms with Crippen molar-refractivity contribution in [2.75, 3.05) is 0 Å². The molecule has 0 aliphatic heterocycles. The van der Waals surface area contributed by atoms with E-state index in [1.807, 2.05) is 19.1 Å². The number of aromatic nitrogens is 1. The number of halogens is 1. The smallest absolute Gasteiger partial charge is 0.352 e. The van der Waals surface area contributed by atoms with Gasteiger partial charge in [0.05, 0.1) is 11.6 Å². The predicted octanol–water partition coefficient (Wildman–Crippen LogP) is 3.49. The molecule has 20 heavy (non-hydrogen) atoms. The average molecular weight is 333 g/mol. The van der Waals surface area contributed by atoms with Crippen molar-refractivity contribution in [1.82, 2.24) is 4.57 Å². The Balaban J connectivity index is 2.45. The summed E-state index contributed by atoms with van der Waals surface area (Å²) in [4.78, 5) is 11.4. The Morgan fingerprint density at radius 2 is 1.95 bits per heavy atom. The fourth-order valence-corrected chi connectivity index (χ4v) is 2.61. The van der Waals surface area contributed by atoms with Crippen LogP contribution in [0.5, 0.6) is 0 Å². The zero-order valence-electron chi connectivity index (χ0n) is 11.1. The molecule has 0 saturated carbocycles. The molecule has 0 saturated heterocycles. The number of carboxylic acids is 1. The quantitative estimate of drug-likeness (QED) is 0.935. The summed E-state index contributed by atoms with van der Waals surface area (Å²) in [6.45, 7) is 4.13. The zero-order valence-corrected chi connectivity index (χ0v) is 12.7. The number of benzene rings is 1. The minimum atomic E-state index is -0.940. The third kappa shape index (κ3) is 2.47. The van der Waals surface area contributed by atoms with Gasteiger partial charge in [-0.25, -0.2) is 4.79 Å². The number of carbonyl (C=O) groups is 1. The van der Waals surface area contributed by atoms with Crippen molar-refractivity contribution in [3.8, 4) is 6.07 Å². The number of aromatic carboxylic acids is 1. The molecular weight excluding hydrogens is 320 g/mol. The Morgan fingerprint density at radius 3 is 2.45 bits per heavy atom. The van der Waals surface area contributed by atoms with Crippen molar-refractivity contribution in [3.05, 3.63) is 56.8 Å². The van der Waals surface area contributed by atoms with E-state index in [9.17, 15) is 9.90 Å². The van der Waals surface area contributed by atoms with Gasteiger partial charge in [0.1, 0.15) is 5.69 Å². The lowest BCUT2D eigenvalue weighted by Crippen LogP contribution is -2.11. The summed E-state index contributed by atoms with van der Waals surface area (Å²) >= 11 is 3.43. The van der Waals surface area contributed by atoms with E-state index in [0.29, 0.717) is 17.8 Å². The van der Waals surface area contributed by atoms with Gasteiger partial charge in [-0.1, -0.05) is 12.1 Å². The van der Waals surface area contributed by atoms with E-state index >= 15 is 0 Å². The van der Waals surface area contributed by atoms with Crippen molar-refractivity contribution in [1.29, 1.82) is 5.26 Å². The third-order valence-electron chi connectivity index (χ3n) is 3.30. The highest BCUT2D eigenvalue weighted by Gasteiger charge is 2.20. The maximum absolute atomic E-state index is 11.4. The molecule has 0 aliphatic rings. The van der Waals surface area contributed by atoms with Crippen LogP contribution < -0.4 is 0 Å². The summed E-state index contributed by atoms with van der Waals surface area (Å²) in [5, 5.41) is 18.1. The Morgan fingerprint density at radius 1 is 1.35 bits per heavy atom. The maximum Gasteiger partial charge on any atom is 0.352 e. The van der Waals surface area contributed by atoms with Gasteiger partial charge < -0.3 is 9.67 Å². The van der Waals surface area contributed by atoms with E-state index < -0.39 is 5.97 Å². The van der Waals surface area contributed by atoms with E-state index in [0.717, 1.165) is 21.3 Å². The van der Waals surface area contributed by atoms with Crippen LogP contribution in [-0.2, 0) is 6.54 Å². The van der Waals surface area contributed by atoms with Crippen LogP contribution in [0.2, 0.25) is 0 Å². The molecule has 2 rings (SSSR count). The Hall–Kier alpha value is -2.06. The van der Waals surface area contributed by atoms with Crippen LogP contribution in [0.25, 0.3) is 0 Å². The first-order valence-electron chi connectivity index (χ1n) is 6.03. The molecule has 4 nitrogen and oxygen atoms in total. The van der Waals surface area contributed by atoms with Crippen molar-refractivity contribution in [2.45, 2.75) is 20.4 Å². The van der Waals surface area contributed by atoms with E-state index in [2.05, 4.69) is 22.0 Å². The van der Waals surface area contributed by atoms with Crippen molar-refractivity contribution in [2.24, 2.45) is 0 Å². The summed E-state index contributed by atoms with van der Waals surface area (Å²) in [6, 6.07) is 9.21. The van der Waals surface area contributed by atoms with Crippen molar-refractivity contribution in [3.63, 3.8) is 0 Å². The van der Waals surface area contributed by atoms with Gasteiger partial charge in [-0.3, -0.25) is 0 Å². The maximum atomic E-state index is 11.4. The van der Waals surface area contributed by atoms with Crippen LogP contribution >= 0.6 is 15.9 Å². The number of nitrogens with zero attached hydrogens (tertiary/aromatic N) is 2. The van der Waals surface area contributed by atoms with E-state index in [4.69, 9.17) is 5.26 Å². The molecule has 0 fully saturated rings. The lowest BCUT2D eigenvalue weighted by Gasteiger charge is -2.10. The highest BCUT2D eigenvalue weighted by atomic mass is 79.9. The fourth-order valence-electron chi connectivity index (χ4n) is 2.20. The SMILES string of the molecule is Cc1c(Br)c(C)n(Cc2ccc(C#N)cc2)c1C(=O)O. The highest BCUT2D eigenvalue weighted by molar-refractivity contribution is 9.10. The monoisotopic (exact) mass is 332 g/mol. The molecule has 1 N–H and O–H groups in total. The summed E-state index contributed by atoms with van der Waals surface area (Å²) in [5.41, 5.74) is 3.44. The molecule has 0 atom stereocenters. The first kappa shape index (κ1) is 14.4. The minimum Gasteiger partial charge on any atom is -0.477 e. The van der Waals surface area contributed by atoms with Crippen LogP contribution in [0, 0.1) is 25.2 Å². The van der Waals surface area contributed by atoms with Crippen molar-refractivity contribution >= 4 is 21.9 Å². The van der Waals surface area contributed by atoms with E-state index in [1.54, 1.807) is 23.6 Å². The molecule has 2 aromatic rings. The van der Waals surface area contributed by atoms with Crippen LogP contribution in [-0.4, -0.2) is 15.6 Å². The molecule has 1 aromatic heterocycles. The van der Waals surface area contributed by atoms with Crippen LogP contribution in [0.3, 0.4) is 0 Å². The average Bonchev–Trinajstić information content (AvgIpc) is 2.64. The number of carboxylic acid groups (broad SMARTS) is 1. The second kappa shape index (κ2) is 5.51. The van der Waals surface area contributed by atoms with E-state index in [-0.39, 0.29) is 0 Å². The second-order valence-corrected chi connectivity index (χ2v) is 5.37. The van der Waals surface area contributed by atoms with Gasteiger partial charge in [0.15, 0.2) is 0 Å². The zero-order chi connectivity index (χ0) is 14.9. The van der Waals surface area contributed by atoms with Gasteiger partial charge >= 0.3 is 5.97 Å². The van der Waals surface area contributed by atoms with Crippen LogP contribution in [0.15, 0.2) is 28.7 Å². The number of hydrogen-bond acceptors (Lipinski definition) is 2. The van der Waals surface area contributed by atoms with Crippen LogP contribution in [0.4, 0.5) is 0 Å². The Labute approximate surface area is 125 Å². The van der Waals surface area contributed by atoms with Gasteiger partial charge in [0, 0.05) is 16.7 Å². The Bertz CT molecular complexity index is 709. The highest BCUT2D eigenvalue weighted by Crippen LogP contribution is 2.28. The van der Waals surface area contributed by atoms with Crippen LogP contribution in [0.1, 0.15) is 32.9 Å². The first-order valence-corrected chi connectivity index (χ1v) is 6.82. The van der Waals surface area contributed by atoms with Gasteiger partial charge in [-0.2, -0.15) is 5.26 Å². The molecule has 1 heterocycles. The number of hydrogen-bond donors (Lipinski definition) is 1. The molecule has 0 aliphatic carbocycles. The molecular formula is C15H13BrN2O2. The second-order valence-electron chi connectivity index (χ2n) is 4.57. The van der Waals surface area contributed by atoms with Gasteiger partial charge in [-0.15, -0.1) is 0 Å². The fraction of sp³-hybridized carbons (Fsp3) is 0.200. The van der Waals surface area contributed by atoms with Gasteiger partial charge in [0.2, 0.25) is 0 Å². The minimum absolute atomic E-state index is 0.290. The predicted molar refractivity (Wildman–Crippen MR) is 78.8 cm³/mol. The molecule has 0 amide bonds. The summed E-state index contributed by atoms with van der Waals surface area (Å²) < 4.78 is 2.59. The summed E-state index contributed by atoms with van der Waals surface area (Å²) in [6.07, 6.45) is 0. The Kier molecular flexibility index (Phi) is 3.96. The van der Waals surface area contributed by atoms with Gasteiger partial charge in [0.25, 0.3) is 0 Å².